The third kappa shape index (κ3) is 6.44. The van der Waals surface area contributed by atoms with Gasteiger partial charge in [0, 0.05) is 11.7 Å². The van der Waals surface area contributed by atoms with Crippen LogP contribution < -0.4 is 34.9 Å². The molecule has 0 radical (unpaired) electrons. The van der Waals surface area contributed by atoms with Crippen LogP contribution in [0.5, 0.6) is 0 Å². The molecule has 0 aliphatic carbocycles. The molecule has 4 aromatic rings. The summed E-state index contributed by atoms with van der Waals surface area (Å²) >= 11 is 1.27. The van der Waals surface area contributed by atoms with E-state index in [1.54, 1.807) is 6.07 Å². The number of nitrogens with one attached hydrogen (secondary N) is 1. The van der Waals surface area contributed by atoms with Gasteiger partial charge < -0.3 is 9.87 Å². The predicted octanol–water partition coefficient (Wildman–Crippen LogP) is 2.66. The largest absolute Gasteiger partial charge is 1.00 e. The molecule has 1 atom stereocenters. The van der Waals surface area contributed by atoms with Crippen molar-refractivity contribution in [2.24, 2.45) is 10.2 Å². The molecule has 1 aromatic heterocycles. The Kier molecular flexibility index (Phi) is 8.16. The molecule has 1 heterocycles. The van der Waals surface area contributed by atoms with Crippen LogP contribution in [0.3, 0.4) is 0 Å². The molecule has 32 heavy (non-hydrogen) atoms. The van der Waals surface area contributed by atoms with Gasteiger partial charge in [-0.2, -0.15) is 0 Å². The standard InChI is InChI=1S/C22H20N4O3S2.Na/c1-15(13-16-5-3-2-4-6-16)23-17-7-9-18(10-8-17)25-26-22-24-20-14-19(31(27,28)29)11-12-21(20)30-22;/h2-12,14-15,23H,13H2,1H3,(H,27,28,29);/q;+1/p-1. The molecule has 0 saturated heterocycles. The minimum Gasteiger partial charge on any atom is -0.744 e. The van der Waals surface area contributed by atoms with Crippen LogP contribution in [0.1, 0.15) is 12.5 Å². The van der Waals surface area contributed by atoms with Crippen LogP contribution in [0.25, 0.3) is 10.2 Å². The van der Waals surface area contributed by atoms with E-state index in [1.807, 2.05) is 42.5 Å². The van der Waals surface area contributed by atoms with Crippen LogP contribution in [0.4, 0.5) is 16.5 Å². The number of hydrogen-bond acceptors (Lipinski definition) is 8. The average molecular weight is 475 g/mol. The molecule has 4 rings (SSSR count). The fourth-order valence-electron chi connectivity index (χ4n) is 3.12. The minimum absolute atomic E-state index is 0. The zero-order chi connectivity index (χ0) is 21.8. The summed E-state index contributed by atoms with van der Waals surface area (Å²) in [6.45, 7) is 2.14. The van der Waals surface area contributed by atoms with Crippen LogP contribution in [-0.2, 0) is 16.5 Å². The van der Waals surface area contributed by atoms with E-state index in [0.29, 0.717) is 16.3 Å². The SMILES string of the molecule is CC(Cc1ccccc1)Nc1ccc(N=Nc2nc3cc(S(=O)(=O)[O-])ccc3s2)cc1.[Na+]. The molecule has 1 unspecified atom stereocenters. The average Bonchev–Trinajstić information content (AvgIpc) is 3.15. The van der Waals surface area contributed by atoms with E-state index in [4.69, 9.17) is 0 Å². The first-order valence-corrected chi connectivity index (χ1v) is 11.8. The van der Waals surface area contributed by atoms with Crippen molar-refractivity contribution in [2.75, 3.05) is 5.32 Å². The van der Waals surface area contributed by atoms with Crippen molar-refractivity contribution in [3.8, 4) is 0 Å². The number of azo groups is 1. The number of fused-ring (bicyclic) bond motifs is 1. The number of anilines is 1. The minimum atomic E-state index is -4.52. The first kappa shape index (κ1) is 24.5. The molecule has 0 saturated carbocycles. The molecule has 0 bridgehead atoms. The maximum Gasteiger partial charge on any atom is 1.00 e. The van der Waals surface area contributed by atoms with E-state index in [-0.39, 0.29) is 40.5 Å². The van der Waals surface area contributed by atoms with E-state index in [0.717, 1.165) is 16.8 Å². The van der Waals surface area contributed by atoms with Crippen molar-refractivity contribution in [1.29, 1.82) is 0 Å². The molecule has 0 amide bonds. The van der Waals surface area contributed by atoms with Crippen LogP contribution >= 0.6 is 11.3 Å². The second-order valence-corrected chi connectivity index (χ2v) is 9.45. The van der Waals surface area contributed by atoms with Gasteiger partial charge in [-0.05, 0) is 61.4 Å². The van der Waals surface area contributed by atoms with Crippen LogP contribution in [0.2, 0.25) is 0 Å². The van der Waals surface area contributed by atoms with E-state index in [2.05, 4.69) is 39.6 Å². The van der Waals surface area contributed by atoms with E-state index >= 15 is 0 Å². The summed E-state index contributed by atoms with van der Waals surface area (Å²) in [5, 5.41) is 12.2. The number of hydrogen-bond donors (Lipinski definition) is 1. The topological polar surface area (TPSA) is 107 Å². The van der Waals surface area contributed by atoms with Crippen molar-refractivity contribution in [3.05, 3.63) is 78.4 Å². The van der Waals surface area contributed by atoms with Gasteiger partial charge in [-0.15, -0.1) is 10.2 Å². The normalized spacial score (nSPS) is 12.6. The van der Waals surface area contributed by atoms with Crippen LogP contribution in [-0.4, -0.2) is 24.0 Å². The summed E-state index contributed by atoms with van der Waals surface area (Å²) in [5.74, 6) is 0. The zero-order valence-electron chi connectivity index (χ0n) is 17.6. The van der Waals surface area contributed by atoms with Crippen molar-refractivity contribution >= 4 is 48.2 Å². The Morgan fingerprint density at radius 3 is 2.44 bits per heavy atom. The predicted molar refractivity (Wildman–Crippen MR) is 121 cm³/mol. The monoisotopic (exact) mass is 474 g/mol. The van der Waals surface area contributed by atoms with Gasteiger partial charge in [-0.25, -0.2) is 13.4 Å². The van der Waals surface area contributed by atoms with E-state index in [1.165, 1.54) is 29.0 Å². The second kappa shape index (κ2) is 10.7. The van der Waals surface area contributed by atoms with Crippen LogP contribution in [0, 0.1) is 0 Å². The smallest absolute Gasteiger partial charge is 0.744 e. The fraction of sp³-hybridized carbons (Fsp3) is 0.136. The number of aromatic nitrogens is 1. The molecule has 10 heteroatoms. The molecule has 0 aliphatic heterocycles. The quantitative estimate of drug-likeness (QED) is 0.252. The van der Waals surface area contributed by atoms with Crippen molar-refractivity contribution < 1.29 is 42.5 Å². The van der Waals surface area contributed by atoms with Gasteiger partial charge in [0.15, 0.2) is 0 Å². The Hall–Kier alpha value is -2.14. The molecule has 0 aliphatic rings. The molecule has 3 aromatic carbocycles. The first-order chi connectivity index (χ1) is 14.9. The summed E-state index contributed by atoms with van der Waals surface area (Å²) in [6, 6.07) is 22.3. The summed E-state index contributed by atoms with van der Waals surface area (Å²) in [7, 11) is -4.52. The molecular formula is C22H19N4NaO3S2. The summed E-state index contributed by atoms with van der Waals surface area (Å²) < 4.78 is 34.2. The second-order valence-electron chi connectivity index (χ2n) is 7.06. The van der Waals surface area contributed by atoms with Gasteiger partial charge in [0.25, 0.3) is 0 Å². The Morgan fingerprint density at radius 1 is 1.03 bits per heavy atom. The molecule has 0 fully saturated rings. The van der Waals surface area contributed by atoms with Crippen molar-refractivity contribution in [1.82, 2.24) is 4.98 Å². The third-order valence-electron chi connectivity index (χ3n) is 4.55. The Morgan fingerprint density at radius 2 is 1.75 bits per heavy atom. The Labute approximate surface area is 212 Å². The third-order valence-corrected chi connectivity index (χ3v) is 6.30. The zero-order valence-corrected chi connectivity index (χ0v) is 21.2. The van der Waals surface area contributed by atoms with Gasteiger partial charge in [0.05, 0.1) is 20.8 Å². The molecule has 7 nitrogen and oxygen atoms in total. The summed E-state index contributed by atoms with van der Waals surface area (Å²) in [4.78, 5) is 3.93. The maximum absolute atomic E-state index is 11.2. The number of nitrogens with zero attached hydrogens (tertiary/aromatic N) is 3. The summed E-state index contributed by atoms with van der Waals surface area (Å²) in [5.41, 5.74) is 3.35. The van der Waals surface area contributed by atoms with Gasteiger partial charge >= 0.3 is 29.6 Å². The maximum atomic E-state index is 11.2. The number of benzene rings is 3. The molecular weight excluding hydrogens is 455 g/mol. The first-order valence-electron chi connectivity index (χ1n) is 9.55. The van der Waals surface area contributed by atoms with Crippen LogP contribution in [0.15, 0.2) is 87.9 Å². The van der Waals surface area contributed by atoms with Gasteiger partial charge in [0.2, 0.25) is 5.13 Å². The molecule has 0 spiro atoms. The van der Waals surface area contributed by atoms with E-state index in [9.17, 15) is 13.0 Å². The van der Waals surface area contributed by atoms with E-state index < -0.39 is 10.1 Å². The number of thiazole rings is 1. The van der Waals surface area contributed by atoms with Gasteiger partial charge in [0.1, 0.15) is 10.1 Å². The number of rotatable bonds is 7. The Bertz CT molecular complexity index is 1320. The fourth-order valence-corrected chi connectivity index (χ4v) is 4.38. The van der Waals surface area contributed by atoms with Gasteiger partial charge in [-0.1, -0.05) is 41.7 Å². The Balaban J connectivity index is 0.00000289. The molecule has 1 N–H and O–H groups in total. The molecule has 158 valence electrons. The van der Waals surface area contributed by atoms with Crippen molar-refractivity contribution in [3.63, 3.8) is 0 Å². The van der Waals surface area contributed by atoms with Gasteiger partial charge in [-0.3, -0.25) is 0 Å². The summed E-state index contributed by atoms with van der Waals surface area (Å²) in [6.07, 6.45) is 0.926. The van der Waals surface area contributed by atoms with Crippen molar-refractivity contribution in [2.45, 2.75) is 24.3 Å².